The summed E-state index contributed by atoms with van der Waals surface area (Å²) in [7, 11) is 0. The van der Waals surface area contributed by atoms with Gasteiger partial charge in [0.25, 0.3) is 0 Å². The van der Waals surface area contributed by atoms with Crippen LogP contribution in [0.4, 0.5) is 0 Å². The van der Waals surface area contributed by atoms with Gasteiger partial charge in [0, 0.05) is 69.2 Å². The fourth-order valence-corrected chi connectivity index (χ4v) is 6.77. The lowest BCUT2D eigenvalue weighted by atomic mass is 9.95. The fourth-order valence-electron chi connectivity index (χ4n) is 6.77. The van der Waals surface area contributed by atoms with Gasteiger partial charge in [0.05, 0.1) is 0 Å². The molecule has 64 heavy (non-hydrogen) atoms. The highest BCUT2D eigenvalue weighted by atomic mass is 16.8. The highest BCUT2D eigenvalue weighted by Crippen LogP contribution is 2.38. The topological polar surface area (TPSA) is 329 Å². The maximum absolute atomic E-state index is 12.9. The van der Waals surface area contributed by atoms with Gasteiger partial charge in [0.2, 0.25) is 0 Å². The second kappa shape index (κ2) is 23.9. The minimum absolute atomic E-state index is 0.681. The first-order valence-corrected chi connectivity index (χ1v) is 19.4. The molecule has 0 aromatic carbocycles. The van der Waals surface area contributed by atoms with Gasteiger partial charge in [-0.2, -0.15) is 0 Å². The molecule has 0 aromatic rings. The molecular weight excluding hydrogens is 872 g/mol. The summed E-state index contributed by atoms with van der Waals surface area (Å²) in [6.07, 6.45) is -27.2. The summed E-state index contributed by atoms with van der Waals surface area (Å²) in [4.78, 5) is 124. The Balaban J connectivity index is 2.28. The normalized spacial score (nSPS) is 32.3. The SMILES string of the molecule is CC(=O)OC[C@H]1O[C@H](O)[C@H](OC(C)=O)[C@@H](OC(C)=O)[C@@H]1O[C@H]1O[C@H](COC(C)=O)[C@@H](O[C@H]2O[C@H](COC(C)=O)[C@@H](OC(C)=O)[C@H](OC(C)=O)[C@H]2OC(C)=O)[C@H](OC(C)=O)[C@H]1OC(C)=O. The summed E-state index contributed by atoms with van der Waals surface area (Å²) in [5, 5.41) is 10.9. The van der Waals surface area contributed by atoms with E-state index in [2.05, 4.69) is 0 Å². The maximum Gasteiger partial charge on any atom is 0.303 e. The molecule has 360 valence electrons. The molecule has 0 aliphatic carbocycles. The molecule has 15 atom stereocenters. The van der Waals surface area contributed by atoms with Crippen LogP contribution in [0.25, 0.3) is 0 Å². The molecule has 3 aliphatic heterocycles. The average molecular weight is 925 g/mol. The van der Waals surface area contributed by atoms with Crippen molar-refractivity contribution in [3.05, 3.63) is 0 Å². The second-order valence-electron chi connectivity index (χ2n) is 14.3. The van der Waals surface area contributed by atoms with Gasteiger partial charge in [-0.1, -0.05) is 0 Å². The minimum atomic E-state index is -2.02. The first-order chi connectivity index (χ1) is 29.9. The summed E-state index contributed by atoms with van der Waals surface area (Å²) in [6, 6.07) is 0. The zero-order valence-electron chi connectivity index (χ0n) is 36.4. The van der Waals surface area contributed by atoms with E-state index >= 15 is 0 Å². The number of aliphatic hydroxyl groups excluding tert-OH is 1. The molecule has 0 unspecified atom stereocenters. The Morgan fingerprint density at radius 3 is 0.906 bits per heavy atom. The molecule has 0 radical (unpaired) electrons. The minimum Gasteiger partial charge on any atom is -0.463 e. The first kappa shape index (κ1) is 52.8. The van der Waals surface area contributed by atoms with Crippen molar-refractivity contribution >= 4 is 59.7 Å². The summed E-state index contributed by atoms with van der Waals surface area (Å²) >= 11 is 0. The van der Waals surface area contributed by atoms with Crippen LogP contribution in [-0.4, -0.2) is 177 Å². The lowest BCUT2D eigenvalue weighted by Crippen LogP contribution is -2.68. The quantitative estimate of drug-likeness (QED) is 0.123. The van der Waals surface area contributed by atoms with Crippen LogP contribution < -0.4 is 0 Å². The number of carbonyl (C=O) groups is 10. The van der Waals surface area contributed by atoms with E-state index in [1.54, 1.807) is 0 Å². The van der Waals surface area contributed by atoms with Gasteiger partial charge in [-0.05, 0) is 0 Å². The number of ether oxygens (including phenoxy) is 15. The second-order valence-corrected chi connectivity index (χ2v) is 14.3. The molecule has 3 aliphatic rings. The van der Waals surface area contributed by atoms with Crippen molar-refractivity contribution in [1.82, 2.24) is 0 Å². The predicted molar refractivity (Wildman–Crippen MR) is 197 cm³/mol. The van der Waals surface area contributed by atoms with E-state index in [1.807, 2.05) is 0 Å². The molecule has 0 spiro atoms. The van der Waals surface area contributed by atoms with Crippen LogP contribution in [0, 0.1) is 0 Å². The van der Waals surface area contributed by atoms with E-state index in [-0.39, 0.29) is 0 Å². The molecule has 3 rings (SSSR count). The van der Waals surface area contributed by atoms with Crippen molar-refractivity contribution in [3.8, 4) is 0 Å². The number of carbonyl (C=O) groups excluding carboxylic acids is 10. The molecule has 3 heterocycles. The van der Waals surface area contributed by atoms with E-state index in [9.17, 15) is 53.1 Å². The number of aliphatic hydroxyl groups is 1. The third-order valence-electron chi connectivity index (χ3n) is 8.84. The summed E-state index contributed by atoms with van der Waals surface area (Å²) < 4.78 is 84.2. The predicted octanol–water partition coefficient (Wildman–Crippen LogP) is -1.86. The largest absolute Gasteiger partial charge is 0.463 e. The van der Waals surface area contributed by atoms with Crippen LogP contribution in [0.3, 0.4) is 0 Å². The number of hydrogen-bond donors (Lipinski definition) is 1. The smallest absolute Gasteiger partial charge is 0.303 e. The van der Waals surface area contributed by atoms with Gasteiger partial charge >= 0.3 is 59.7 Å². The Kier molecular flexibility index (Phi) is 19.8. The van der Waals surface area contributed by atoms with Gasteiger partial charge in [-0.25, -0.2) is 0 Å². The molecule has 1 N–H and O–H groups in total. The molecule has 0 bridgehead atoms. The Bertz CT molecular complexity index is 1730. The van der Waals surface area contributed by atoms with Crippen LogP contribution >= 0.6 is 0 Å². The first-order valence-electron chi connectivity index (χ1n) is 19.4. The molecule has 26 nitrogen and oxygen atoms in total. The van der Waals surface area contributed by atoms with Crippen LogP contribution in [0.5, 0.6) is 0 Å². The fraction of sp³-hybridized carbons (Fsp3) is 0.737. The molecule has 3 fully saturated rings. The van der Waals surface area contributed by atoms with Gasteiger partial charge in [-0.3, -0.25) is 47.9 Å². The summed E-state index contributed by atoms with van der Waals surface area (Å²) in [5.74, 6) is -9.61. The van der Waals surface area contributed by atoms with Crippen LogP contribution in [0.15, 0.2) is 0 Å². The average Bonchev–Trinajstić information content (AvgIpc) is 3.15. The third-order valence-corrected chi connectivity index (χ3v) is 8.84. The van der Waals surface area contributed by atoms with Crippen molar-refractivity contribution in [2.24, 2.45) is 0 Å². The summed E-state index contributed by atoms with van der Waals surface area (Å²) in [6.45, 7) is 7.65. The molecule has 0 saturated carbocycles. The molecule has 0 aromatic heterocycles. The number of esters is 10. The lowest BCUT2D eigenvalue weighted by Gasteiger charge is -2.50. The van der Waals surface area contributed by atoms with Crippen molar-refractivity contribution in [2.75, 3.05) is 19.8 Å². The Morgan fingerprint density at radius 1 is 0.328 bits per heavy atom. The zero-order chi connectivity index (χ0) is 48.2. The molecular formula is C38H52O26. The Labute approximate surface area is 364 Å². The van der Waals surface area contributed by atoms with E-state index in [0.717, 1.165) is 69.2 Å². The standard InChI is InChI=1S/C38H52O26/c1-14(39)50-11-24-28(30(54-18(5)43)33(36(49)60-24)57-21(8)46)63-38-35(59-23(10)48)32(56-20(7)45)29(26(62-38)13-52-16(3)41)64-37-34(58-22(9)47)31(55-19(6)44)27(53-17(4)42)25(61-37)12-51-15(2)40/h24-38,49H,11-13H2,1-10H3/t24-,25-,26-,27-,28-,29-,30+,31+,32+,33-,34-,35-,36+,37-,38-/m1/s1. The number of rotatable bonds is 17. The summed E-state index contributed by atoms with van der Waals surface area (Å²) in [5.41, 5.74) is 0. The highest BCUT2D eigenvalue weighted by Gasteiger charge is 2.59. The van der Waals surface area contributed by atoms with Gasteiger partial charge in [-0.15, -0.1) is 0 Å². The van der Waals surface area contributed by atoms with Crippen molar-refractivity contribution < 1.29 is 124 Å². The van der Waals surface area contributed by atoms with Gasteiger partial charge < -0.3 is 76.2 Å². The van der Waals surface area contributed by atoms with Crippen LogP contribution in [0.2, 0.25) is 0 Å². The van der Waals surface area contributed by atoms with E-state index in [4.69, 9.17) is 71.1 Å². The van der Waals surface area contributed by atoms with Crippen LogP contribution in [0.1, 0.15) is 69.2 Å². The van der Waals surface area contributed by atoms with E-state index < -0.39 is 172 Å². The zero-order valence-corrected chi connectivity index (χ0v) is 36.4. The van der Waals surface area contributed by atoms with E-state index in [1.165, 1.54) is 0 Å². The lowest BCUT2D eigenvalue weighted by molar-refractivity contribution is -0.378. The van der Waals surface area contributed by atoms with Crippen molar-refractivity contribution in [3.63, 3.8) is 0 Å². The van der Waals surface area contributed by atoms with Crippen molar-refractivity contribution in [2.45, 2.75) is 161 Å². The van der Waals surface area contributed by atoms with Gasteiger partial charge in [0.1, 0.15) is 50.3 Å². The third kappa shape index (κ3) is 15.6. The number of hydrogen-bond acceptors (Lipinski definition) is 26. The highest BCUT2D eigenvalue weighted by molar-refractivity contribution is 5.70. The Morgan fingerprint density at radius 2 is 0.578 bits per heavy atom. The monoisotopic (exact) mass is 924 g/mol. The maximum atomic E-state index is 12.9. The van der Waals surface area contributed by atoms with Crippen LogP contribution in [-0.2, 0) is 119 Å². The molecule has 26 heteroatoms. The molecule has 3 saturated heterocycles. The van der Waals surface area contributed by atoms with Gasteiger partial charge in [0.15, 0.2) is 61.6 Å². The Hall–Kier alpha value is -5.54. The van der Waals surface area contributed by atoms with E-state index in [0.29, 0.717) is 0 Å². The van der Waals surface area contributed by atoms with Crippen molar-refractivity contribution in [1.29, 1.82) is 0 Å². The molecule has 0 amide bonds.